The van der Waals surface area contributed by atoms with E-state index in [0.717, 1.165) is 19.1 Å². The molecule has 0 saturated carbocycles. The summed E-state index contributed by atoms with van der Waals surface area (Å²) in [6, 6.07) is 4.78. The van der Waals surface area contributed by atoms with Gasteiger partial charge < -0.3 is 0 Å². The molecule has 0 bridgehead atoms. The lowest BCUT2D eigenvalue weighted by Crippen LogP contribution is -2.46. The molecule has 1 N–H and O–H groups in total. The second kappa shape index (κ2) is 6.90. The largest absolute Gasteiger partial charge is 0.282 e. The Hall–Kier alpha value is -2.69. The van der Waals surface area contributed by atoms with Crippen LogP contribution in [0.1, 0.15) is 12.5 Å². The number of hydrogen-bond donors (Lipinski definition) is 1. The lowest BCUT2D eigenvalue weighted by Gasteiger charge is -2.25. The molecule has 0 aliphatic rings. The number of halogens is 5. The molecule has 0 heterocycles. The molecule has 1 amide bonds. The van der Waals surface area contributed by atoms with E-state index in [2.05, 4.69) is 0 Å². The van der Waals surface area contributed by atoms with Gasteiger partial charge in [0.1, 0.15) is 0 Å². The molecule has 140 valence electrons. The van der Waals surface area contributed by atoms with Gasteiger partial charge in [0, 0.05) is 6.92 Å². The van der Waals surface area contributed by atoms with E-state index in [9.17, 15) is 35.2 Å². The standard InChI is InChI=1S/C15H11F5N2O3S/c1-7-3-5-9(6-4-7)26(24,25)22(21-8(2)23)15-13(19)11(17)10(16)12(18)14(15)20/h3-6H,1-2H3,(H,21,23). The van der Waals surface area contributed by atoms with Gasteiger partial charge in [0.05, 0.1) is 4.90 Å². The average Bonchev–Trinajstić information content (AvgIpc) is 2.57. The van der Waals surface area contributed by atoms with Gasteiger partial charge in [-0.05, 0) is 19.1 Å². The van der Waals surface area contributed by atoms with Crippen LogP contribution in [0, 0.1) is 36.0 Å². The van der Waals surface area contributed by atoms with Crippen molar-refractivity contribution in [2.24, 2.45) is 0 Å². The molecule has 0 aliphatic carbocycles. The molecular weight excluding hydrogens is 383 g/mol. The van der Waals surface area contributed by atoms with Crippen molar-refractivity contribution in [3.63, 3.8) is 0 Å². The molecule has 0 radical (unpaired) electrons. The maximum absolute atomic E-state index is 14.0. The van der Waals surface area contributed by atoms with E-state index in [1.165, 1.54) is 12.1 Å². The monoisotopic (exact) mass is 394 g/mol. The molecule has 2 rings (SSSR count). The summed E-state index contributed by atoms with van der Waals surface area (Å²) in [5.41, 5.74) is 0.398. The van der Waals surface area contributed by atoms with Crippen molar-refractivity contribution in [1.29, 1.82) is 0 Å². The predicted octanol–water partition coefficient (Wildman–Crippen LogP) is 2.94. The fourth-order valence-corrected chi connectivity index (χ4v) is 3.31. The highest BCUT2D eigenvalue weighted by Gasteiger charge is 2.36. The van der Waals surface area contributed by atoms with E-state index < -0.39 is 55.6 Å². The highest BCUT2D eigenvalue weighted by molar-refractivity contribution is 7.92. The minimum atomic E-state index is -4.89. The summed E-state index contributed by atoms with van der Waals surface area (Å²) in [4.78, 5) is 10.8. The number of hydrogen-bond acceptors (Lipinski definition) is 3. The number of rotatable bonds is 4. The summed E-state index contributed by atoms with van der Waals surface area (Å²) in [6.07, 6.45) is 0. The minimum absolute atomic E-state index is 0.379. The van der Waals surface area contributed by atoms with Crippen molar-refractivity contribution in [3.8, 4) is 0 Å². The fourth-order valence-electron chi connectivity index (χ4n) is 1.97. The van der Waals surface area contributed by atoms with Crippen molar-refractivity contribution in [3.05, 3.63) is 58.9 Å². The number of nitrogens with zero attached hydrogens (tertiary/aromatic N) is 1. The Labute approximate surface area is 145 Å². The third kappa shape index (κ3) is 3.34. The van der Waals surface area contributed by atoms with Crippen LogP contribution in [-0.4, -0.2) is 14.3 Å². The van der Waals surface area contributed by atoms with Crippen molar-refractivity contribution in [2.45, 2.75) is 18.7 Å². The predicted molar refractivity (Wildman–Crippen MR) is 80.9 cm³/mol. The lowest BCUT2D eigenvalue weighted by atomic mass is 10.2. The van der Waals surface area contributed by atoms with Crippen LogP contribution in [0.5, 0.6) is 0 Å². The van der Waals surface area contributed by atoms with Gasteiger partial charge in [-0.2, -0.15) is 12.8 Å². The Morgan fingerprint density at radius 2 is 1.31 bits per heavy atom. The minimum Gasteiger partial charge on any atom is -0.274 e. The quantitative estimate of drug-likeness (QED) is 0.375. The first-order valence-electron chi connectivity index (χ1n) is 6.89. The van der Waals surface area contributed by atoms with E-state index >= 15 is 0 Å². The van der Waals surface area contributed by atoms with Gasteiger partial charge in [0.2, 0.25) is 11.7 Å². The summed E-state index contributed by atoms with van der Waals surface area (Å²) >= 11 is 0. The maximum Gasteiger partial charge on any atom is 0.282 e. The van der Waals surface area contributed by atoms with Crippen LogP contribution >= 0.6 is 0 Å². The second-order valence-corrected chi connectivity index (χ2v) is 6.96. The zero-order chi connectivity index (χ0) is 19.8. The van der Waals surface area contributed by atoms with Crippen LogP contribution in [0.3, 0.4) is 0 Å². The number of amides is 1. The molecule has 26 heavy (non-hydrogen) atoms. The van der Waals surface area contributed by atoms with Crippen molar-refractivity contribution < 1.29 is 35.2 Å². The van der Waals surface area contributed by atoms with Crippen molar-refractivity contribution in [2.75, 3.05) is 4.41 Å². The summed E-state index contributed by atoms with van der Waals surface area (Å²) in [7, 11) is -4.89. The molecule has 0 aliphatic heterocycles. The normalized spacial score (nSPS) is 11.3. The van der Waals surface area contributed by atoms with Crippen LogP contribution in [-0.2, 0) is 14.8 Å². The van der Waals surface area contributed by atoms with Gasteiger partial charge in [0.15, 0.2) is 29.0 Å². The number of anilines is 1. The number of sulfonamides is 1. The maximum atomic E-state index is 14.0. The van der Waals surface area contributed by atoms with E-state index in [0.29, 0.717) is 5.56 Å². The van der Waals surface area contributed by atoms with Gasteiger partial charge in [-0.3, -0.25) is 10.2 Å². The first-order chi connectivity index (χ1) is 12.0. The van der Waals surface area contributed by atoms with E-state index in [1.54, 1.807) is 12.3 Å². The van der Waals surface area contributed by atoms with Crippen molar-refractivity contribution in [1.82, 2.24) is 5.43 Å². The molecule has 0 saturated heterocycles. The highest BCUT2D eigenvalue weighted by Crippen LogP contribution is 2.32. The third-order valence-electron chi connectivity index (χ3n) is 3.21. The molecule has 5 nitrogen and oxygen atoms in total. The number of carbonyl (C=O) groups excluding carboxylic acids is 1. The summed E-state index contributed by atoms with van der Waals surface area (Å²) < 4.78 is 93.1. The molecule has 0 fully saturated rings. The zero-order valence-corrected chi connectivity index (χ0v) is 14.1. The van der Waals surface area contributed by atoms with Crippen LogP contribution in [0.2, 0.25) is 0 Å². The second-order valence-electron chi connectivity index (χ2n) is 5.17. The van der Waals surface area contributed by atoms with E-state index in [-0.39, 0.29) is 4.41 Å². The van der Waals surface area contributed by atoms with Gasteiger partial charge >= 0.3 is 0 Å². The topological polar surface area (TPSA) is 66.5 Å². The van der Waals surface area contributed by atoms with Gasteiger partial charge in [-0.1, -0.05) is 17.7 Å². The zero-order valence-electron chi connectivity index (χ0n) is 13.3. The highest BCUT2D eigenvalue weighted by atomic mass is 32.2. The van der Waals surface area contributed by atoms with Crippen LogP contribution in [0.15, 0.2) is 29.2 Å². The Morgan fingerprint density at radius 1 is 0.885 bits per heavy atom. The fraction of sp³-hybridized carbons (Fsp3) is 0.133. The van der Waals surface area contributed by atoms with Crippen LogP contribution < -0.4 is 9.84 Å². The van der Waals surface area contributed by atoms with E-state index in [4.69, 9.17) is 0 Å². The van der Waals surface area contributed by atoms with Gasteiger partial charge in [-0.25, -0.2) is 22.0 Å². The number of benzene rings is 2. The Bertz CT molecular complexity index is 949. The molecule has 2 aromatic carbocycles. The van der Waals surface area contributed by atoms with Crippen LogP contribution in [0.4, 0.5) is 27.6 Å². The number of nitrogens with one attached hydrogen (secondary N) is 1. The number of aryl methyl sites for hydroxylation is 1. The number of hydrazine groups is 1. The average molecular weight is 394 g/mol. The molecule has 0 spiro atoms. The lowest BCUT2D eigenvalue weighted by molar-refractivity contribution is -0.118. The third-order valence-corrected chi connectivity index (χ3v) is 4.83. The molecule has 11 heteroatoms. The Balaban J connectivity index is 2.78. The smallest absolute Gasteiger partial charge is 0.274 e. The molecule has 0 aromatic heterocycles. The first kappa shape index (κ1) is 19.6. The molecule has 0 unspecified atom stereocenters. The van der Waals surface area contributed by atoms with Gasteiger partial charge in [-0.15, -0.1) is 0 Å². The summed E-state index contributed by atoms with van der Waals surface area (Å²) in [5, 5.41) is 0. The Kier molecular flexibility index (Phi) is 5.21. The van der Waals surface area contributed by atoms with Gasteiger partial charge in [0.25, 0.3) is 10.0 Å². The summed E-state index contributed by atoms with van der Waals surface area (Å²) in [5.74, 6) is -13.1. The van der Waals surface area contributed by atoms with Crippen molar-refractivity contribution >= 4 is 21.6 Å². The SMILES string of the molecule is CC(=O)NN(c1c(F)c(F)c(F)c(F)c1F)S(=O)(=O)c1ccc(C)cc1. The molecular formula is C15H11F5N2O3S. The number of carbonyl (C=O) groups is 1. The summed E-state index contributed by atoms with van der Waals surface area (Å²) in [6.45, 7) is 2.43. The first-order valence-corrected chi connectivity index (χ1v) is 8.33. The molecule has 2 aromatic rings. The Morgan fingerprint density at radius 3 is 1.73 bits per heavy atom. The molecule has 0 atom stereocenters. The van der Waals surface area contributed by atoms with E-state index in [1.807, 2.05) is 0 Å². The van der Waals surface area contributed by atoms with Crippen LogP contribution in [0.25, 0.3) is 0 Å².